The molecule has 78 valence electrons. The van der Waals surface area contributed by atoms with Crippen molar-refractivity contribution in [2.24, 2.45) is 5.73 Å². The number of aryl methyl sites for hydroxylation is 2. The molecule has 0 aliphatic carbocycles. The first-order valence-corrected chi connectivity index (χ1v) is 5.00. The molecule has 2 N–H and O–H groups in total. The molecule has 0 saturated carbocycles. The van der Waals surface area contributed by atoms with Gasteiger partial charge in [-0.15, -0.1) is 0 Å². The van der Waals surface area contributed by atoms with Crippen molar-refractivity contribution in [1.29, 1.82) is 0 Å². The van der Waals surface area contributed by atoms with Crippen molar-refractivity contribution in [3.05, 3.63) is 28.8 Å². The predicted octanol–water partition coefficient (Wildman–Crippen LogP) is 2.72. The van der Waals surface area contributed by atoms with E-state index in [4.69, 9.17) is 10.5 Å². The maximum absolute atomic E-state index is 6.03. The van der Waals surface area contributed by atoms with Crippen molar-refractivity contribution in [3.8, 4) is 5.75 Å². The molecule has 0 radical (unpaired) electrons. The molecular formula is C12H19NO. The van der Waals surface area contributed by atoms with Gasteiger partial charge in [-0.2, -0.15) is 0 Å². The van der Waals surface area contributed by atoms with Crippen LogP contribution in [0.4, 0.5) is 0 Å². The zero-order valence-electron chi connectivity index (χ0n) is 9.42. The Bertz CT molecular complexity index is 320. The van der Waals surface area contributed by atoms with Gasteiger partial charge in [-0.05, 0) is 25.8 Å². The summed E-state index contributed by atoms with van der Waals surface area (Å²) >= 11 is 0. The zero-order valence-corrected chi connectivity index (χ0v) is 9.42. The molecule has 0 aliphatic heterocycles. The van der Waals surface area contributed by atoms with E-state index in [1.807, 2.05) is 0 Å². The number of rotatable bonds is 3. The summed E-state index contributed by atoms with van der Waals surface area (Å²) < 4.78 is 5.37. The number of benzene rings is 1. The molecule has 0 aliphatic rings. The van der Waals surface area contributed by atoms with Gasteiger partial charge in [0.1, 0.15) is 5.75 Å². The van der Waals surface area contributed by atoms with Gasteiger partial charge < -0.3 is 10.5 Å². The Morgan fingerprint density at radius 1 is 1.36 bits per heavy atom. The molecule has 0 bridgehead atoms. The van der Waals surface area contributed by atoms with Crippen molar-refractivity contribution >= 4 is 0 Å². The second-order valence-corrected chi connectivity index (χ2v) is 3.72. The Kier molecular flexibility index (Phi) is 3.53. The van der Waals surface area contributed by atoms with Crippen LogP contribution in [0.25, 0.3) is 0 Å². The second-order valence-electron chi connectivity index (χ2n) is 3.72. The van der Waals surface area contributed by atoms with Gasteiger partial charge in [0.2, 0.25) is 0 Å². The first kappa shape index (κ1) is 11.1. The van der Waals surface area contributed by atoms with Gasteiger partial charge in [0.15, 0.2) is 0 Å². The highest BCUT2D eigenvalue weighted by Crippen LogP contribution is 2.30. The molecule has 0 aromatic heterocycles. The van der Waals surface area contributed by atoms with Crippen LogP contribution in [0.5, 0.6) is 5.75 Å². The topological polar surface area (TPSA) is 35.2 Å². The van der Waals surface area contributed by atoms with Gasteiger partial charge in [0.25, 0.3) is 0 Å². The lowest BCUT2D eigenvalue weighted by atomic mass is 9.99. The average Bonchev–Trinajstić information content (AvgIpc) is 2.15. The van der Waals surface area contributed by atoms with Crippen LogP contribution in [0.1, 0.15) is 36.1 Å². The standard InChI is InChI=1S/C12H19NO/c1-5-11(13)10-7-8(2)6-9(3)12(10)14-4/h6-7,11H,5,13H2,1-4H3/t11-/m1/s1. The highest BCUT2D eigenvalue weighted by molar-refractivity contribution is 5.45. The van der Waals surface area contributed by atoms with E-state index >= 15 is 0 Å². The van der Waals surface area contributed by atoms with E-state index < -0.39 is 0 Å². The summed E-state index contributed by atoms with van der Waals surface area (Å²) in [5.74, 6) is 0.935. The molecule has 0 fully saturated rings. The van der Waals surface area contributed by atoms with E-state index in [2.05, 4.69) is 32.9 Å². The number of hydrogen-bond donors (Lipinski definition) is 1. The average molecular weight is 193 g/mol. The Labute approximate surface area is 86.1 Å². The molecule has 2 heteroatoms. The SMILES string of the molecule is CC[C@@H](N)c1cc(C)cc(C)c1OC. The van der Waals surface area contributed by atoms with E-state index in [9.17, 15) is 0 Å². The Balaban J connectivity index is 3.24. The van der Waals surface area contributed by atoms with Crippen LogP contribution in [0.2, 0.25) is 0 Å². The third-order valence-electron chi connectivity index (χ3n) is 2.49. The maximum atomic E-state index is 6.03. The predicted molar refractivity (Wildman–Crippen MR) is 59.7 cm³/mol. The molecule has 1 aromatic carbocycles. The van der Waals surface area contributed by atoms with Crippen LogP contribution in [-0.4, -0.2) is 7.11 Å². The molecule has 0 amide bonds. The lowest BCUT2D eigenvalue weighted by Crippen LogP contribution is -2.11. The third kappa shape index (κ3) is 2.07. The minimum atomic E-state index is 0.0727. The molecule has 1 aromatic rings. The van der Waals surface area contributed by atoms with Crippen LogP contribution >= 0.6 is 0 Å². The van der Waals surface area contributed by atoms with Crippen molar-refractivity contribution in [2.45, 2.75) is 33.2 Å². The van der Waals surface area contributed by atoms with Crippen molar-refractivity contribution < 1.29 is 4.74 Å². The van der Waals surface area contributed by atoms with E-state index in [1.165, 1.54) is 5.56 Å². The summed E-state index contributed by atoms with van der Waals surface area (Å²) in [5.41, 5.74) is 9.54. The Morgan fingerprint density at radius 3 is 2.50 bits per heavy atom. The van der Waals surface area contributed by atoms with E-state index in [0.717, 1.165) is 23.3 Å². The normalized spacial score (nSPS) is 12.6. The second kappa shape index (κ2) is 4.47. The van der Waals surface area contributed by atoms with Gasteiger partial charge in [-0.25, -0.2) is 0 Å². The molecule has 0 spiro atoms. The maximum Gasteiger partial charge on any atom is 0.126 e. The Morgan fingerprint density at radius 2 is 2.00 bits per heavy atom. The number of ether oxygens (including phenoxy) is 1. The van der Waals surface area contributed by atoms with Crippen LogP contribution < -0.4 is 10.5 Å². The first-order valence-electron chi connectivity index (χ1n) is 5.00. The van der Waals surface area contributed by atoms with Gasteiger partial charge in [-0.1, -0.05) is 24.6 Å². The summed E-state index contributed by atoms with van der Waals surface area (Å²) in [6.45, 7) is 6.22. The first-order chi connectivity index (χ1) is 6.60. The molecule has 0 saturated heterocycles. The minimum Gasteiger partial charge on any atom is -0.496 e. The summed E-state index contributed by atoms with van der Waals surface area (Å²) in [6, 6.07) is 4.30. The van der Waals surface area contributed by atoms with Crippen LogP contribution in [0.15, 0.2) is 12.1 Å². The van der Waals surface area contributed by atoms with Crippen molar-refractivity contribution in [1.82, 2.24) is 0 Å². The fourth-order valence-electron chi connectivity index (χ4n) is 1.76. The molecule has 1 atom stereocenters. The number of nitrogens with two attached hydrogens (primary N) is 1. The highest BCUT2D eigenvalue weighted by Gasteiger charge is 2.12. The van der Waals surface area contributed by atoms with Crippen molar-refractivity contribution in [3.63, 3.8) is 0 Å². The molecule has 2 nitrogen and oxygen atoms in total. The summed E-state index contributed by atoms with van der Waals surface area (Å²) in [7, 11) is 1.70. The zero-order chi connectivity index (χ0) is 10.7. The van der Waals surface area contributed by atoms with E-state index in [1.54, 1.807) is 7.11 Å². The summed E-state index contributed by atoms with van der Waals surface area (Å²) in [5, 5.41) is 0. The highest BCUT2D eigenvalue weighted by atomic mass is 16.5. The summed E-state index contributed by atoms with van der Waals surface area (Å²) in [6.07, 6.45) is 0.930. The lowest BCUT2D eigenvalue weighted by molar-refractivity contribution is 0.401. The van der Waals surface area contributed by atoms with Gasteiger partial charge in [-0.3, -0.25) is 0 Å². The third-order valence-corrected chi connectivity index (χ3v) is 2.49. The quantitative estimate of drug-likeness (QED) is 0.801. The fraction of sp³-hybridized carbons (Fsp3) is 0.500. The van der Waals surface area contributed by atoms with E-state index in [-0.39, 0.29) is 6.04 Å². The van der Waals surface area contributed by atoms with Gasteiger partial charge >= 0.3 is 0 Å². The minimum absolute atomic E-state index is 0.0727. The monoisotopic (exact) mass is 193 g/mol. The molecular weight excluding hydrogens is 174 g/mol. The number of methoxy groups -OCH3 is 1. The summed E-state index contributed by atoms with van der Waals surface area (Å²) in [4.78, 5) is 0. The molecule has 14 heavy (non-hydrogen) atoms. The molecule has 1 rings (SSSR count). The van der Waals surface area contributed by atoms with Crippen LogP contribution in [0.3, 0.4) is 0 Å². The van der Waals surface area contributed by atoms with Crippen LogP contribution in [-0.2, 0) is 0 Å². The smallest absolute Gasteiger partial charge is 0.126 e. The van der Waals surface area contributed by atoms with Gasteiger partial charge in [0, 0.05) is 11.6 Å². The van der Waals surface area contributed by atoms with E-state index in [0.29, 0.717) is 0 Å². The largest absolute Gasteiger partial charge is 0.496 e. The molecule has 0 heterocycles. The lowest BCUT2D eigenvalue weighted by Gasteiger charge is -2.17. The molecule has 0 unspecified atom stereocenters. The Hall–Kier alpha value is -1.02. The van der Waals surface area contributed by atoms with Crippen molar-refractivity contribution in [2.75, 3.05) is 7.11 Å². The fourth-order valence-corrected chi connectivity index (χ4v) is 1.76. The number of hydrogen-bond acceptors (Lipinski definition) is 2. The van der Waals surface area contributed by atoms with Gasteiger partial charge in [0.05, 0.1) is 7.11 Å². The van der Waals surface area contributed by atoms with Crippen LogP contribution in [0, 0.1) is 13.8 Å².